The van der Waals surface area contributed by atoms with Gasteiger partial charge in [-0.25, -0.2) is 0 Å². The van der Waals surface area contributed by atoms with Gasteiger partial charge in [0.25, 0.3) is 5.91 Å². The third kappa shape index (κ3) is 3.11. The maximum atomic E-state index is 12.4. The molecular formula is C19H25N3O3. The summed E-state index contributed by atoms with van der Waals surface area (Å²) < 4.78 is 13.3. The Labute approximate surface area is 147 Å². The number of hydrogen-bond acceptors (Lipinski definition) is 4. The summed E-state index contributed by atoms with van der Waals surface area (Å²) >= 11 is 0. The van der Waals surface area contributed by atoms with E-state index in [1.807, 2.05) is 13.8 Å². The quantitative estimate of drug-likeness (QED) is 0.925. The van der Waals surface area contributed by atoms with E-state index in [4.69, 9.17) is 14.3 Å². The number of amides is 1. The highest BCUT2D eigenvalue weighted by molar-refractivity contribution is 5.95. The van der Waals surface area contributed by atoms with E-state index in [1.165, 1.54) is 36.9 Å². The number of carbonyl (C=O) groups is 1. The van der Waals surface area contributed by atoms with E-state index < -0.39 is 0 Å². The van der Waals surface area contributed by atoms with Gasteiger partial charge in [-0.3, -0.25) is 9.48 Å². The Hall–Kier alpha value is -2.08. The molecule has 3 heterocycles. The van der Waals surface area contributed by atoms with Crippen molar-refractivity contribution in [3.63, 3.8) is 0 Å². The van der Waals surface area contributed by atoms with Crippen molar-refractivity contribution in [1.29, 1.82) is 0 Å². The Morgan fingerprint density at radius 3 is 2.88 bits per heavy atom. The molecule has 0 spiro atoms. The molecule has 4 rings (SSSR count). The average molecular weight is 343 g/mol. The lowest BCUT2D eigenvalue weighted by molar-refractivity contribution is 0.0945. The summed E-state index contributed by atoms with van der Waals surface area (Å²) in [5.41, 5.74) is 4.00. The monoisotopic (exact) mass is 343 g/mol. The van der Waals surface area contributed by atoms with Gasteiger partial charge in [-0.05, 0) is 32.8 Å². The first-order chi connectivity index (χ1) is 12.1. The summed E-state index contributed by atoms with van der Waals surface area (Å²) in [6.07, 6.45) is 5.87. The Balaban J connectivity index is 1.54. The standard InChI is InChI=1S/C19H25N3O3/c1-12-9-15(13(2)25-12)19(23)20-10-17-16-11-24-8-7-18(16)22(21-17)14-5-3-4-6-14/h9,14H,3-8,10-11H2,1-2H3,(H,20,23). The average Bonchev–Trinajstić information content (AvgIpc) is 3.31. The third-order valence-corrected chi connectivity index (χ3v) is 5.30. The molecule has 2 aromatic heterocycles. The van der Waals surface area contributed by atoms with Crippen LogP contribution < -0.4 is 5.32 Å². The molecule has 1 saturated carbocycles. The van der Waals surface area contributed by atoms with Crippen molar-refractivity contribution in [3.8, 4) is 0 Å². The Kier molecular flexibility index (Phi) is 4.37. The van der Waals surface area contributed by atoms with Gasteiger partial charge in [0.15, 0.2) is 0 Å². The highest BCUT2D eigenvalue weighted by atomic mass is 16.5. The Morgan fingerprint density at radius 2 is 2.16 bits per heavy atom. The van der Waals surface area contributed by atoms with Crippen LogP contribution >= 0.6 is 0 Å². The number of nitrogens with one attached hydrogen (secondary N) is 1. The van der Waals surface area contributed by atoms with Crippen molar-refractivity contribution < 1.29 is 13.9 Å². The second-order valence-electron chi connectivity index (χ2n) is 7.07. The molecule has 1 N–H and O–H groups in total. The van der Waals surface area contributed by atoms with Crippen LogP contribution in [0.5, 0.6) is 0 Å². The van der Waals surface area contributed by atoms with Crippen LogP contribution in [0.3, 0.4) is 0 Å². The van der Waals surface area contributed by atoms with E-state index in [0.29, 0.717) is 30.5 Å². The molecule has 2 aliphatic rings. The molecule has 1 amide bonds. The smallest absolute Gasteiger partial charge is 0.255 e. The van der Waals surface area contributed by atoms with E-state index in [9.17, 15) is 4.79 Å². The number of rotatable bonds is 4. The van der Waals surface area contributed by atoms with Crippen LogP contribution in [0, 0.1) is 13.8 Å². The molecule has 1 fully saturated rings. The predicted molar refractivity (Wildman–Crippen MR) is 92.4 cm³/mol. The summed E-state index contributed by atoms with van der Waals surface area (Å²) in [5, 5.41) is 7.86. The molecule has 0 bridgehead atoms. The molecule has 0 saturated heterocycles. The Morgan fingerprint density at radius 1 is 1.36 bits per heavy atom. The van der Waals surface area contributed by atoms with Gasteiger partial charge in [0.2, 0.25) is 0 Å². The number of nitrogens with zero attached hydrogens (tertiary/aromatic N) is 2. The number of fused-ring (bicyclic) bond motifs is 1. The zero-order valence-electron chi connectivity index (χ0n) is 14.9. The normalized spacial score (nSPS) is 17.7. The molecule has 25 heavy (non-hydrogen) atoms. The van der Waals surface area contributed by atoms with E-state index in [0.717, 1.165) is 24.5 Å². The minimum absolute atomic E-state index is 0.116. The molecule has 0 atom stereocenters. The van der Waals surface area contributed by atoms with Crippen LogP contribution in [0.1, 0.15) is 70.6 Å². The maximum absolute atomic E-state index is 12.4. The first kappa shape index (κ1) is 16.4. The molecule has 1 aliphatic heterocycles. The number of ether oxygens (including phenoxy) is 1. The van der Waals surface area contributed by atoms with Crippen LogP contribution in [-0.4, -0.2) is 22.3 Å². The van der Waals surface area contributed by atoms with Gasteiger partial charge in [0.1, 0.15) is 11.5 Å². The zero-order chi connectivity index (χ0) is 17.4. The molecule has 6 heteroatoms. The summed E-state index contributed by atoms with van der Waals surface area (Å²) in [6.45, 7) is 5.43. The minimum atomic E-state index is -0.116. The third-order valence-electron chi connectivity index (χ3n) is 5.30. The largest absolute Gasteiger partial charge is 0.466 e. The predicted octanol–water partition coefficient (Wildman–Crippen LogP) is 3.21. The molecule has 1 aliphatic carbocycles. The van der Waals surface area contributed by atoms with Crippen LogP contribution in [0.15, 0.2) is 10.5 Å². The van der Waals surface area contributed by atoms with Gasteiger partial charge >= 0.3 is 0 Å². The van der Waals surface area contributed by atoms with E-state index in [2.05, 4.69) is 10.00 Å². The van der Waals surface area contributed by atoms with Crippen molar-refractivity contribution in [2.24, 2.45) is 0 Å². The van der Waals surface area contributed by atoms with E-state index in [1.54, 1.807) is 6.07 Å². The zero-order valence-corrected chi connectivity index (χ0v) is 14.9. The highest BCUT2D eigenvalue weighted by Crippen LogP contribution is 2.33. The van der Waals surface area contributed by atoms with Crippen molar-refractivity contribution in [1.82, 2.24) is 15.1 Å². The number of aryl methyl sites for hydroxylation is 2. The maximum Gasteiger partial charge on any atom is 0.255 e. The molecule has 6 nitrogen and oxygen atoms in total. The van der Waals surface area contributed by atoms with Crippen LogP contribution in [-0.2, 0) is 24.3 Å². The lowest BCUT2D eigenvalue weighted by atomic mass is 10.1. The first-order valence-corrected chi connectivity index (χ1v) is 9.15. The van der Waals surface area contributed by atoms with Gasteiger partial charge in [-0.1, -0.05) is 12.8 Å². The van der Waals surface area contributed by atoms with Crippen molar-refractivity contribution >= 4 is 5.91 Å². The second-order valence-corrected chi connectivity index (χ2v) is 7.07. The second kappa shape index (κ2) is 6.67. The molecule has 0 radical (unpaired) electrons. The lowest BCUT2D eigenvalue weighted by Crippen LogP contribution is -2.24. The van der Waals surface area contributed by atoms with Gasteiger partial charge in [0, 0.05) is 17.7 Å². The van der Waals surface area contributed by atoms with Crippen molar-refractivity contribution in [3.05, 3.63) is 40.1 Å². The van der Waals surface area contributed by atoms with Crippen molar-refractivity contribution in [2.75, 3.05) is 6.61 Å². The van der Waals surface area contributed by atoms with Gasteiger partial charge in [-0.2, -0.15) is 5.10 Å². The molecule has 0 unspecified atom stereocenters. The minimum Gasteiger partial charge on any atom is -0.466 e. The van der Waals surface area contributed by atoms with Crippen LogP contribution in [0.4, 0.5) is 0 Å². The summed E-state index contributed by atoms with van der Waals surface area (Å²) in [4.78, 5) is 12.4. The molecular weight excluding hydrogens is 318 g/mol. The van der Waals surface area contributed by atoms with Gasteiger partial charge in [0.05, 0.1) is 37.1 Å². The lowest BCUT2D eigenvalue weighted by Gasteiger charge is -2.18. The number of carbonyl (C=O) groups excluding carboxylic acids is 1. The van der Waals surface area contributed by atoms with Gasteiger partial charge in [-0.15, -0.1) is 0 Å². The fourth-order valence-electron chi connectivity index (χ4n) is 4.04. The Bertz CT molecular complexity index is 784. The van der Waals surface area contributed by atoms with Crippen LogP contribution in [0.25, 0.3) is 0 Å². The first-order valence-electron chi connectivity index (χ1n) is 9.15. The number of furan rings is 1. The fourth-order valence-corrected chi connectivity index (χ4v) is 4.04. The van der Waals surface area contributed by atoms with Crippen molar-refractivity contribution in [2.45, 2.75) is 65.1 Å². The topological polar surface area (TPSA) is 69.3 Å². The van der Waals surface area contributed by atoms with Crippen LogP contribution in [0.2, 0.25) is 0 Å². The van der Waals surface area contributed by atoms with Gasteiger partial charge < -0.3 is 14.5 Å². The molecule has 2 aromatic rings. The summed E-state index contributed by atoms with van der Waals surface area (Å²) in [7, 11) is 0. The van der Waals surface area contributed by atoms with E-state index in [-0.39, 0.29) is 5.91 Å². The highest BCUT2D eigenvalue weighted by Gasteiger charge is 2.27. The SMILES string of the molecule is Cc1cc(C(=O)NCc2nn(C3CCCC3)c3c2COCC3)c(C)o1. The number of hydrogen-bond donors (Lipinski definition) is 1. The van der Waals surface area contributed by atoms with E-state index >= 15 is 0 Å². The summed E-state index contributed by atoms with van der Waals surface area (Å²) in [6, 6.07) is 2.29. The number of aromatic nitrogens is 2. The molecule has 134 valence electrons. The molecule has 0 aromatic carbocycles. The summed E-state index contributed by atoms with van der Waals surface area (Å²) in [5.74, 6) is 1.28. The fraction of sp³-hybridized carbons (Fsp3) is 0.579.